The summed E-state index contributed by atoms with van der Waals surface area (Å²) in [5.74, 6) is 2.20. The first-order valence-corrected chi connectivity index (χ1v) is 8.63. The van der Waals surface area contributed by atoms with Crippen molar-refractivity contribution in [3.63, 3.8) is 0 Å². The van der Waals surface area contributed by atoms with Crippen LogP contribution in [-0.4, -0.2) is 0 Å². The molecule has 0 heterocycles. The van der Waals surface area contributed by atoms with E-state index in [0.717, 1.165) is 22.7 Å². The van der Waals surface area contributed by atoms with Crippen LogP contribution in [0, 0.1) is 22.7 Å². The summed E-state index contributed by atoms with van der Waals surface area (Å²) < 4.78 is 0. The van der Waals surface area contributed by atoms with Gasteiger partial charge in [-0.25, -0.2) is 0 Å². The van der Waals surface area contributed by atoms with Gasteiger partial charge in [0.2, 0.25) is 0 Å². The standard InChI is InChI=1S/C18H32/c1-3-4-5-6-9-18-12-15-7-8-16(13-18)11-17(2,10-15)14-18/h15-16H,3-14H2,1-2H3. The molecule has 104 valence electrons. The highest BCUT2D eigenvalue weighted by atomic mass is 14.6. The number of rotatable bonds is 5. The molecular formula is C18H32. The van der Waals surface area contributed by atoms with Crippen molar-refractivity contribution in [3.8, 4) is 0 Å². The Bertz CT molecular complexity index is 274. The van der Waals surface area contributed by atoms with E-state index in [2.05, 4.69) is 13.8 Å². The van der Waals surface area contributed by atoms with Crippen LogP contribution in [0.4, 0.5) is 0 Å². The Morgan fingerprint density at radius 3 is 2.17 bits per heavy atom. The van der Waals surface area contributed by atoms with Gasteiger partial charge in [-0.3, -0.25) is 0 Å². The molecule has 4 aliphatic rings. The number of hydrogen-bond donors (Lipinski definition) is 0. The lowest BCUT2D eigenvalue weighted by atomic mass is 9.51. The van der Waals surface area contributed by atoms with Crippen LogP contribution in [0.15, 0.2) is 0 Å². The first kappa shape index (κ1) is 13.0. The van der Waals surface area contributed by atoms with E-state index in [1.54, 1.807) is 51.4 Å². The maximum absolute atomic E-state index is 2.62. The van der Waals surface area contributed by atoms with Gasteiger partial charge in [0.25, 0.3) is 0 Å². The molecule has 0 heteroatoms. The Kier molecular flexibility index (Phi) is 3.49. The molecule has 2 atom stereocenters. The summed E-state index contributed by atoms with van der Waals surface area (Å²) in [6.07, 6.45) is 18.5. The Morgan fingerprint density at radius 2 is 1.56 bits per heavy atom. The van der Waals surface area contributed by atoms with Crippen molar-refractivity contribution in [1.82, 2.24) is 0 Å². The monoisotopic (exact) mass is 248 g/mol. The lowest BCUT2D eigenvalue weighted by molar-refractivity contribution is -0.0314. The van der Waals surface area contributed by atoms with Crippen molar-refractivity contribution >= 4 is 0 Å². The van der Waals surface area contributed by atoms with E-state index in [4.69, 9.17) is 0 Å². The topological polar surface area (TPSA) is 0 Å². The van der Waals surface area contributed by atoms with Crippen LogP contribution in [0.1, 0.15) is 90.9 Å². The summed E-state index contributed by atoms with van der Waals surface area (Å²) in [6.45, 7) is 4.95. The highest BCUT2D eigenvalue weighted by molar-refractivity contribution is 5.03. The quantitative estimate of drug-likeness (QED) is 0.527. The van der Waals surface area contributed by atoms with Gasteiger partial charge in [0.05, 0.1) is 0 Å². The second kappa shape index (κ2) is 4.84. The van der Waals surface area contributed by atoms with E-state index in [0.29, 0.717) is 0 Å². The van der Waals surface area contributed by atoms with Gasteiger partial charge >= 0.3 is 0 Å². The fraction of sp³-hybridized carbons (Fsp3) is 1.00. The van der Waals surface area contributed by atoms with Crippen molar-refractivity contribution in [2.24, 2.45) is 22.7 Å². The maximum atomic E-state index is 2.62. The third kappa shape index (κ3) is 2.49. The Hall–Kier alpha value is 0. The highest BCUT2D eigenvalue weighted by Gasteiger charge is 2.52. The van der Waals surface area contributed by atoms with Crippen molar-refractivity contribution in [1.29, 1.82) is 0 Å². The summed E-state index contributed by atoms with van der Waals surface area (Å²) in [6, 6.07) is 0. The van der Waals surface area contributed by atoms with E-state index >= 15 is 0 Å². The van der Waals surface area contributed by atoms with Crippen LogP contribution in [-0.2, 0) is 0 Å². The average molecular weight is 248 g/mol. The van der Waals surface area contributed by atoms with E-state index in [1.807, 2.05) is 0 Å². The first-order valence-electron chi connectivity index (χ1n) is 8.63. The summed E-state index contributed by atoms with van der Waals surface area (Å²) >= 11 is 0. The van der Waals surface area contributed by atoms with Gasteiger partial charge in [-0.2, -0.15) is 0 Å². The van der Waals surface area contributed by atoms with Crippen molar-refractivity contribution < 1.29 is 0 Å². The van der Waals surface area contributed by atoms with E-state index < -0.39 is 0 Å². The second-order valence-electron chi connectivity index (χ2n) is 8.42. The van der Waals surface area contributed by atoms with Crippen molar-refractivity contribution in [3.05, 3.63) is 0 Å². The lowest BCUT2D eigenvalue weighted by Crippen LogP contribution is -2.43. The van der Waals surface area contributed by atoms with Gasteiger partial charge in [0.15, 0.2) is 0 Å². The molecule has 0 N–H and O–H groups in total. The minimum Gasteiger partial charge on any atom is -0.0654 e. The van der Waals surface area contributed by atoms with Gasteiger partial charge in [-0.15, -0.1) is 0 Å². The maximum Gasteiger partial charge on any atom is -0.0287 e. The molecule has 4 fully saturated rings. The molecule has 0 radical (unpaired) electrons. The second-order valence-corrected chi connectivity index (χ2v) is 8.42. The average Bonchev–Trinajstić information content (AvgIpc) is 2.48. The fourth-order valence-electron chi connectivity index (χ4n) is 6.22. The number of unbranched alkanes of at least 4 members (excludes halogenated alkanes) is 3. The third-order valence-corrected chi connectivity index (χ3v) is 6.35. The molecule has 0 saturated heterocycles. The highest BCUT2D eigenvalue weighted by Crippen LogP contribution is 2.64. The predicted molar refractivity (Wildman–Crippen MR) is 78.6 cm³/mol. The van der Waals surface area contributed by atoms with Gasteiger partial charge in [0, 0.05) is 0 Å². The van der Waals surface area contributed by atoms with Crippen LogP contribution < -0.4 is 0 Å². The SMILES string of the molecule is CCCCCCC12CC3CCC(CC(C)(C3)C1)C2. The molecule has 0 aromatic carbocycles. The zero-order chi connectivity index (χ0) is 12.6. The Balaban J connectivity index is 1.68. The van der Waals surface area contributed by atoms with Crippen LogP contribution >= 0.6 is 0 Å². The summed E-state index contributed by atoms with van der Waals surface area (Å²) in [5, 5.41) is 0. The Labute approximate surface area is 114 Å². The Morgan fingerprint density at radius 1 is 0.889 bits per heavy atom. The van der Waals surface area contributed by atoms with Crippen LogP contribution in [0.5, 0.6) is 0 Å². The smallest absolute Gasteiger partial charge is 0.0287 e. The van der Waals surface area contributed by atoms with Gasteiger partial charge in [-0.05, 0) is 61.2 Å². The van der Waals surface area contributed by atoms with Crippen LogP contribution in [0.3, 0.4) is 0 Å². The summed E-state index contributed by atoms with van der Waals surface area (Å²) in [5.41, 5.74) is 1.54. The van der Waals surface area contributed by atoms with E-state index in [9.17, 15) is 0 Å². The molecule has 0 aromatic rings. The molecule has 0 amide bonds. The lowest BCUT2D eigenvalue weighted by Gasteiger charge is -2.54. The van der Waals surface area contributed by atoms with E-state index in [1.165, 1.54) is 25.7 Å². The first-order chi connectivity index (χ1) is 8.63. The number of fused-ring (bicyclic) bond motifs is 1. The fourth-order valence-corrected chi connectivity index (χ4v) is 6.22. The number of hydrogen-bond acceptors (Lipinski definition) is 0. The molecule has 0 aromatic heterocycles. The van der Waals surface area contributed by atoms with Crippen LogP contribution in [0.25, 0.3) is 0 Å². The largest absolute Gasteiger partial charge is 0.0654 e. The van der Waals surface area contributed by atoms with Gasteiger partial charge in [-0.1, -0.05) is 52.4 Å². The molecule has 4 saturated carbocycles. The van der Waals surface area contributed by atoms with Crippen molar-refractivity contribution in [2.45, 2.75) is 90.9 Å². The summed E-state index contributed by atoms with van der Waals surface area (Å²) in [7, 11) is 0. The zero-order valence-electron chi connectivity index (χ0n) is 12.6. The van der Waals surface area contributed by atoms with Gasteiger partial charge < -0.3 is 0 Å². The minimum absolute atomic E-state index is 0.743. The summed E-state index contributed by atoms with van der Waals surface area (Å²) in [4.78, 5) is 0. The van der Waals surface area contributed by atoms with E-state index in [-0.39, 0.29) is 0 Å². The zero-order valence-corrected chi connectivity index (χ0v) is 12.6. The molecule has 4 aliphatic carbocycles. The molecule has 18 heavy (non-hydrogen) atoms. The molecule has 0 nitrogen and oxygen atoms in total. The van der Waals surface area contributed by atoms with Crippen molar-refractivity contribution in [2.75, 3.05) is 0 Å². The third-order valence-electron chi connectivity index (χ3n) is 6.35. The van der Waals surface area contributed by atoms with Crippen LogP contribution in [0.2, 0.25) is 0 Å². The van der Waals surface area contributed by atoms with Gasteiger partial charge in [0.1, 0.15) is 0 Å². The molecular weight excluding hydrogens is 216 g/mol. The normalized spacial score (nSPS) is 46.3. The molecule has 0 aliphatic heterocycles. The molecule has 0 spiro atoms. The molecule has 4 rings (SSSR count). The molecule has 2 unspecified atom stereocenters. The molecule has 4 bridgehead atoms. The minimum atomic E-state index is 0.743. The predicted octanol–water partition coefficient (Wildman–Crippen LogP) is 5.95.